The molecule has 1 aromatic heterocycles. The van der Waals surface area contributed by atoms with Crippen LogP contribution in [0, 0.1) is 17.5 Å². The van der Waals surface area contributed by atoms with Crippen molar-refractivity contribution in [3.05, 3.63) is 83.2 Å². The summed E-state index contributed by atoms with van der Waals surface area (Å²) in [7, 11) is 1.25. The summed E-state index contributed by atoms with van der Waals surface area (Å²) < 4.78 is 49.5. The van der Waals surface area contributed by atoms with Gasteiger partial charge in [0.15, 0.2) is 0 Å². The highest BCUT2D eigenvalue weighted by Crippen LogP contribution is 2.33. The number of fused-ring (bicyclic) bond motifs is 1. The van der Waals surface area contributed by atoms with Gasteiger partial charge in [0.2, 0.25) is 0 Å². The van der Waals surface area contributed by atoms with E-state index in [2.05, 4.69) is 5.10 Å². The molecule has 31 heavy (non-hydrogen) atoms. The number of methoxy groups -OCH3 is 1. The Morgan fingerprint density at radius 1 is 0.968 bits per heavy atom. The molecule has 1 heterocycles. The van der Waals surface area contributed by atoms with E-state index in [1.165, 1.54) is 37.4 Å². The third kappa shape index (κ3) is 3.29. The summed E-state index contributed by atoms with van der Waals surface area (Å²) in [5, 5.41) is 13.2. The van der Waals surface area contributed by atoms with Gasteiger partial charge in [-0.05, 0) is 36.4 Å². The smallest absolute Gasteiger partial charge is 0.335 e. The summed E-state index contributed by atoms with van der Waals surface area (Å²) in [6, 6.07) is 10.7. The summed E-state index contributed by atoms with van der Waals surface area (Å²) in [6.45, 7) is 0. The molecule has 6 nitrogen and oxygen atoms in total. The van der Waals surface area contributed by atoms with Crippen LogP contribution in [0.3, 0.4) is 0 Å². The molecule has 0 radical (unpaired) electrons. The first kappa shape index (κ1) is 20.1. The van der Waals surface area contributed by atoms with Gasteiger partial charge in [0.1, 0.15) is 40.0 Å². The number of halogens is 3. The first-order chi connectivity index (χ1) is 14.8. The largest absolute Gasteiger partial charge is 0.496 e. The molecule has 0 aliphatic carbocycles. The molecule has 156 valence electrons. The number of para-hydroxylation sites is 1. The molecule has 0 amide bonds. The fraction of sp³-hybridized carbons (Fsp3) is 0.0455. The van der Waals surface area contributed by atoms with Gasteiger partial charge in [-0.15, -0.1) is 0 Å². The van der Waals surface area contributed by atoms with Crippen molar-refractivity contribution < 1.29 is 32.6 Å². The van der Waals surface area contributed by atoms with Crippen LogP contribution in [0.1, 0.15) is 20.7 Å². The first-order valence-corrected chi connectivity index (χ1v) is 8.91. The minimum Gasteiger partial charge on any atom is -0.496 e. The molecule has 0 saturated heterocycles. The van der Waals surface area contributed by atoms with E-state index in [0.29, 0.717) is 4.68 Å². The maximum absolute atomic E-state index is 14.7. The maximum atomic E-state index is 14.7. The van der Waals surface area contributed by atoms with E-state index >= 15 is 0 Å². The highest BCUT2D eigenvalue weighted by atomic mass is 19.1. The van der Waals surface area contributed by atoms with Crippen molar-refractivity contribution in [3.8, 4) is 17.0 Å². The molecule has 4 aromatic rings. The van der Waals surface area contributed by atoms with Crippen LogP contribution in [-0.4, -0.2) is 33.9 Å². The van der Waals surface area contributed by atoms with Crippen LogP contribution < -0.4 is 4.74 Å². The Morgan fingerprint density at radius 2 is 1.68 bits per heavy atom. The Morgan fingerprint density at radius 3 is 2.35 bits per heavy atom. The summed E-state index contributed by atoms with van der Waals surface area (Å²) >= 11 is 0. The van der Waals surface area contributed by atoms with Gasteiger partial charge in [-0.1, -0.05) is 18.2 Å². The molecule has 0 unspecified atom stereocenters. The van der Waals surface area contributed by atoms with Crippen LogP contribution in [0.15, 0.2) is 54.6 Å². The number of nitrogens with zero attached hydrogens (tertiary/aromatic N) is 2. The Balaban J connectivity index is 1.98. The lowest BCUT2D eigenvalue weighted by molar-refractivity contribution is 0.0696. The topological polar surface area (TPSA) is 81.4 Å². The number of carboxylic acids is 1. The van der Waals surface area contributed by atoms with Crippen LogP contribution >= 0.6 is 0 Å². The number of benzene rings is 3. The number of carbonyl (C=O) groups is 2. The minimum absolute atomic E-state index is 0.0801. The zero-order valence-corrected chi connectivity index (χ0v) is 15.9. The summed E-state index contributed by atoms with van der Waals surface area (Å²) in [5.74, 6) is -5.08. The standard InChI is InChI=1S/C22H13F3N2O4/c1-31-17-7-3-5-14(23)18(17)21(28)27-20-13(4-2-6-15(20)24)19(26-27)12-9-8-11(22(29)30)10-16(12)25/h2-10H,1H3,(H,29,30). The number of ether oxygens (including phenoxy) is 1. The zero-order chi connectivity index (χ0) is 22.3. The average molecular weight is 426 g/mol. The van der Waals surface area contributed by atoms with E-state index in [1.54, 1.807) is 0 Å². The number of hydrogen-bond acceptors (Lipinski definition) is 4. The number of aromatic nitrogens is 2. The number of rotatable bonds is 4. The third-order valence-corrected chi connectivity index (χ3v) is 4.73. The van der Waals surface area contributed by atoms with Crippen LogP contribution in [0.4, 0.5) is 13.2 Å². The summed E-state index contributed by atoms with van der Waals surface area (Å²) in [6.07, 6.45) is 0. The number of carbonyl (C=O) groups excluding carboxylic acids is 1. The second kappa shape index (κ2) is 7.60. The lowest BCUT2D eigenvalue weighted by Gasteiger charge is -2.09. The van der Waals surface area contributed by atoms with Gasteiger partial charge in [-0.2, -0.15) is 9.78 Å². The Labute approximate surface area is 173 Å². The molecule has 0 bridgehead atoms. The molecule has 1 N–H and O–H groups in total. The van der Waals surface area contributed by atoms with E-state index in [0.717, 1.165) is 24.3 Å². The fourth-order valence-electron chi connectivity index (χ4n) is 3.30. The average Bonchev–Trinajstić information content (AvgIpc) is 3.13. The predicted octanol–water partition coefficient (Wildman–Crippen LogP) is 4.52. The van der Waals surface area contributed by atoms with Crippen molar-refractivity contribution in [3.63, 3.8) is 0 Å². The van der Waals surface area contributed by atoms with Crippen LogP contribution in [-0.2, 0) is 0 Å². The Bertz CT molecular complexity index is 1360. The third-order valence-electron chi connectivity index (χ3n) is 4.73. The van der Waals surface area contributed by atoms with Crippen molar-refractivity contribution >= 4 is 22.8 Å². The maximum Gasteiger partial charge on any atom is 0.335 e. The molecular weight excluding hydrogens is 413 g/mol. The predicted molar refractivity (Wildman–Crippen MR) is 105 cm³/mol. The van der Waals surface area contributed by atoms with Crippen molar-refractivity contribution in [1.82, 2.24) is 9.78 Å². The van der Waals surface area contributed by atoms with Crippen LogP contribution in [0.25, 0.3) is 22.2 Å². The van der Waals surface area contributed by atoms with Crippen molar-refractivity contribution in [2.45, 2.75) is 0 Å². The highest BCUT2D eigenvalue weighted by molar-refractivity contribution is 6.06. The van der Waals surface area contributed by atoms with Gasteiger partial charge in [0, 0.05) is 10.9 Å². The monoisotopic (exact) mass is 426 g/mol. The van der Waals surface area contributed by atoms with Gasteiger partial charge in [0.25, 0.3) is 5.91 Å². The van der Waals surface area contributed by atoms with Gasteiger partial charge < -0.3 is 9.84 Å². The molecular formula is C22H13F3N2O4. The van der Waals surface area contributed by atoms with Gasteiger partial charge in [0.05, 0.1) is 12.7 Å². The Kier molecular flexibility index (Phi) is 4.94. The van der Waals surface area contributed by atoms with Crippen molar-refractivity contribution in [2.24, 2.45) is 0 Å². The summed E-state index contributed by atoms with van der Waals surface area (Å²) in [4.78, 5) is 24.2. The number of hydrogen-bond donors (Lipinski definition) is 1. The highest BCUT2D eigenvalue weighted by Gasteiger charge is 2.26. The summed E-state index contributed by atoms with van der Waals surface area (Å²) in [5.41, 5.74) is -1.29. The van der Waals surface area contributed by atoms with Crippen LogP contribution in [0.2, 0.25) is 0 Å². The van der Waals surface area contributed by atoms with Crippen molar-refractivity contribution in [1.29, 1.82) is 0 Å². The zero-order valence-electron chi connectivity index (χ0n) is 15.9. The molecule has 0 aliphatic rings. The van der Waals surface area contributed by atoms with E-state index in [1.807, 2.05) is 0 Å². The van der Waals surface area contributed by atoms with Gasteiger partial charge >= 0.3 is 5.97 Å². The molecule has 9 heteroatoms. The molecule has 0 saturated carbocycles. The van der Waals surface area contributed by atoms with Crippen molar-refractivity contribution in [2.75, 3.05) is 7.11 Å². The van der Waals surface area contributed by atoms with Crippen LogP contribution in [0.5, 0.6) is 5.75 Å². The van der Waals surface area contributed by atoms with E-state index in [4.69, 9.17) is 9.84 Å². The normalized spacial score (nSPS) is 11.0. The van der Waals surface area contributed by atoms with E-state index in [-0.39, 0.29) is 33.5 Å². The molecule has 4 rings (SSSR count). The molecule has 0 fully saturated rings. The molecule has 0 spiro atoms. The lowest BCUT2D eigenvalue weighted by Crippen LogP contribution is -2.17. The molecule has 0 aliphatic heterocycles. The van der Waals surface area contributed by atoms with E-state index < -0.39 is 34.9 Å². The van der Waals surface area contributed by atoms with E-state index in [9.17, 15) is 22.8 Å². The quantitative estimate of drug-likeness (QED) is 0.519. The second-order valence-corrected chi connectivity index (χ2v) is 6.52. The SMILES string of the molecule is COc1cccc(F)c1C(=O)n1nc(-c2ccc(C(=O)O)cc2F)c2cccc(F)c21. The number of aromatic carboxylic acids is 1. The second-order valence-electron chi connectivity index (χ2n) is 6.52. The molecule has 0 atom stereocenters. The minimum atomic E-state index is -1.33. The molecule has 3 aromatic carbocycles. The first-order valence-electron chi connectivity index (χ1n) is 8.91. The number of carboxylic acid groups (broad SMARTS) is 1. The fourth-order valence-corrected chi connectivity index (χ4v) is 3.30. The van der Waals surface area contributed by atoms with Gasteiger partial charge in [-0.3, -0.25) is 4.79 Å². The lowest BCUT2D eigenvalue weighted by atomic mass is 10.0. The van der Waals surface area contributed by atoms with Gasteiger partial charge in [-0.25, -0.2) is 18.0 Å². The Hall–Kier alpha value is -4.14.